The van der Waals surface area contributed by atoms with E-state index in [0.717, 1.165) is 5.56 Å². The van der Waals surface area contributed by atoms with Gasteiger partial charge in [0.25, 0.3) is 0 Å². The van der Waals surface area contributed by atoms with E-state index in [1.807, 2.05) is 6.07 Å². The summed E-state index contributed by atoms with van der Waals surface area (Å²) < 4.78 is 61.0. The van der Waals surface area contributed by atoms with Crippen molar-refractivity contribution in [2.75, 3.05) is 10.6 Å². The first kappa shape index (κ1) is 26.7. The molecule has 2 amide bonds. The van der Waals surface area contributed by atoms with E-state index in [4.69, 9.17) is 8.37 Å². The summed E-state index contributed by atoms with van der Waals surface area (Å²) in [5, 5.41) is 5.17. The third-order valence-corrected chi connectivity index (χ3v) is 7.89. The normalized spacial score (nSPS) is 11.4. The van der Waals surface area contributed by atoms with Crippen LogP contribution in [-0.4, -0.2) is 22.9 Å². The Bertz CT molecular complexity index is 1690. The molecule has 4 aromatic carbocycles. The molecule has 4 aromatic rings. The van der Waals surface area contributed by atoms with Gasteiger partial charge < -0.3 is 19.0 Å². The third-order valence-electron chi connectivity index (χ3n) is 5.24. The fourth-order valence-electron chi connectivity index (χ4n) is 3.45. The van der Waals surface area contributed by atoms with E-state index in [2.05, 4.69) is 10.6 Å². The Hall–Kier alpha value is -4.35. The van der Waals surface area contributed by atoms with Gasteiger partial charge in [-0.05, 0) is 67.4 Å². The number of anilines is 2. The molecule has 196 valence electrons. The van der Waals surface area contributed by atoms with E-state index in [9.17, 15) is 21.6 Å². The highest BCUT2D eigenvalue weighted by atomic mass is 32.2. The molecule has 0 unspecified atom stereocenters. The molecule has 0 saturated carbocycles. The highest BCUT2D eigenvalue weighted by molar-refractivity contribution is 7.87. The molecule has 0 heterocycles. The van der Waals surface area contributed by atoms with E-state index in [0.29, 0.717) is 5.56 Å². The predicted molar refractivity (Wildman–Crippen MR) is 144 cm³/mol. The molecule has 9 nitrogen and oxygen atoms in total. The monoisotopic (exact) mass is 552 g/mol. The Labute approximate surface area is 221 Å². The molecule has 0 aliphatic heterocycles. The third kappa shape index (κ3) is 6.69. The number of benzene rings is 4. The summed E-state index contributed by atoms with van der Waals surface area (Å²) in [6, 6.07) is 23.9. The summed E-state index contributed by atoms with van der Waals surface area (Å²) >= 11 is 0. The summed E-state index contributed by atoms with van der Waals surface area (Å²) in [5.41, 5.74) is 1.87. The van der Waals surface area contributed by atoms with Gasteiger partial charge in [-0.1, -0.05) is 42.5 Å². The predicted octanol–water partition coefficient (Wildman–Crippen LogP) is 5.48. The van der Waals surface area contributed by atoms with Gasteiger partial charge in [0.2, 0.25) is 0 Å². The van der Waals surface area contributed by atoms with Crippen LogP contribution in [0.4, 0.5) is 16.2 Å². The standard InChI is InChI=1S/C27H24N2O7S2/c1-19-14-15-20(2)26(16-19)38(33,34)36-24-11-7-9-22(18-24)29-27(30)28-21-8-6-10-23(17-21)35-37(31,32)25-12-4-3-5-13-25/h3-18H,1-2H3,(H2,28,29,30). The van der Waals surface area contributed by atoms with Crippen LogP contribution in [-0.2, 0) is 20.2 Å². The summed E-state index contributed by atoms with van der Waals surface area (Å²) in [4.78, 5) is 12.6. The topological polar surface area (TPSA) is 128 Å². The SMILES string of the molecule is Cc1ccc(C)c(S(=O)(=O)Oc2cccc(NC(=O)Nc3cccc(OS(=O)(=O)c4ccccc4)c3)c2)c1. The van der Waals surface area contributed by atoms with Crippen LogP contribution in [0, 0.1) is 13.8 Å². The van der Waals surface area contributed by atoms with Gasteiger partial charge in [-0.3, -0.25) is 0 Å². The molecule has 0 aliphatic carbocycles. The summed E-state index contributed by atoms with van der Waals surface area (Å²) in [6.45, 7) is 3.46. The lowest BCUT2D eigenvalue weighted by atomic mass is 10.2. The Balaban J connectivity index is 1.43. The zero-order valence-electron chi connectivity index (χ0n) is 20.4. The van der Waals surface area contributed by atoms with Crippen molar-refractivity contribution >= 4 is 37.6 Å². The Kier molecular flexibility index (Phi) is 7.70. The maximum Gasteiger partial charge on any atom is 0.339 e. The lowest BCUT2D eigenvalue weighted by Gasteiger charge is -2.12. The maximum atomic E-state index is 12.8. The summed E-state index contributed by atoms with van der Waals surface area (Å²) in [6.07, 6.45) is 0. The lowest BCUT2D eigenvalue weighted by molar-refractivity contribution is 0.262. The number of nitrogens with one attached hydrogen (secondary N) is 2. The van der Waals surface area contributed by atoms with E-state index >= 15 is 0 Å². The van der Waals surface area contributed by atoms with Crippen molar-refractivity contribution in [3.8, 4) is 11.5 Å². The molecule has 0 radical (unpaired) electrons. The first-order valence-electron chi connectivity index (χ1n) is 11.3. The van der Waals surface area contributed by atoms with Crippen molar-refractivity contribution in [2.24, 2.45) is 0 Å². The molecule has 0 spiro atoms. The fourth-order valence-corrected chi connectivity index (χ4v) is 5.64. The minimum atomic E-state index is -4.09. The second-order valence-electron chi connectivity index (χ2n) is 8.29. The molecule has 0 saturated heterocycles. The number of carbonyl (C=O) groups excluding carboxylic acids is 1. The van der Waals surface area contributed by atoms with Crippen LogP contribution in [0.2, 0.25) is 0 Å². The van der Waals surface area contributed by atoms with Gasteiger partial charge in [0, 0.05) is 23.5 Å². The largest absolute Gasteiger partial charge is 0.379 e. The van der Waals surface area contributed by atoms with Crippen LogP contribution in [0.5, 0.6) is 11.5 Å². The number of hydrogen-bond donors (Lipinski definition) is 2. The number of hydrogen-bond acceptors (Lipinski definition) is 7. The molecule has 0 bridgehead atoms. The van der Waals surface area contributed by atoms with Crippen LogP contribution in [0.3, 0.4) is 0 Å². The van der Waals surface area contributed by atoms with Gasteiger partial charge in [0.15, 0.2) is 0 Å². The number of carbonyl (C=O) groups is 1. The van der Waals surface area contributed by atoms with E-state index in [1.165, 1.54) is 54.6 Å². The quantitative estimate of drug-likeness (QED) is 0.277. The van der Waals surface area contributed by atoms with Gasteiger partial charge in [-0.2, -0.15) is 16.8 Å². The van der Waals surface area contributed by atoms with Gasteiger partial charge in [-0.25, -0.2) is 4.79 Å². The van der Waals surface area contributed by atoms with Crippen molar-refractivity contribution < 1.29 is 30.0 Å². The minimum absolute atomic E-state index is 0.00206. The Morgan fingerprint density at radius 2 is 1.18 bits per heavy atom. The van der Waals surface area contributed by atoms with Crippen LogP contribution < -0.4 is 19.0 Å². The molecule has 4 rings (SSSR count). The van der Waals surface area contributed by atoms with Crippen molar-refractivity contribution in [2.45, 2.75) is 23.6 Å². The van der Waals surface area contributed by atoms with Gasteiger partial charge >= 0.3 is 26.3 Å². The second kappa shape index (κ2) is 11.0. The highest BCUT2D eigenvalue weighted by Gasteiger charge is 2.20. The molecule has 0 fully saturated rings. The zero-order valence-corrected chi connectivity index (χ0v) is 22.0. The van der Waals surface area contributed by atoms with E-state index in [1.54, 1.807) is 50.2 Å². The molecule has 0 atom stereocenters. The van der Waals surface area contributed by atoms with Gasteiger partial charge in [-0.15, -0.1) is 0 Å². The molecular formula is C27H24N2O7S2. The van der Waals surface area contributed by atoms with Crippen LogP contribution in [0.1, 0.15) is 11.1 Å². The average Bonchev–Trinajstić information content (AvgIpc) is 2.86. The lowest BCUT2D eigenvalue weighted by Crippen LogP contribution is -2.19. The van der Waals surface area contributed by atoms with Crippen LogP contribution in [0.15, 0.2) is 107 Å². The Morgan fingerprint density at radius 1 is 0.632 bits per heavy atom. The van der Waals surface area contributed by atoms with Gasteiger partial charge in [0.1, 0.15) is 21.3 Å². The minimum Gasteiger partial charge on any atom is -0.379 e. The summed E-state index contributed by atoms with van der Waals surface area (Å²) in [7, 11) is -8.14. The molecular weight excluding hydrogens is 528 g/mol. The van der Waals surface area contributed by atoms with Crippen molar-refractivity contribution in [3.05, 3.63) is 108 Å². The average molecular weight is 553 g/mol. The number of amides is 2. The zero-order chi connectivity index (χ0) is 27.3. The Morgan fingerprint density at radius 3 is 1.76 bits per heavy atom. The molecule has 11 heteroatoms. The molecule has 0 aliphatic rings. The maximum absolute atomic E-state index is 12.8. The number of aryl methyl sites for hydroxylation is 2. The van der Waals surface area contributed by atoms with Gasteiger partial charge in [0.05, 0.1) is 0 Å². The number of rotatable bonds is 8. The van der Waals surface area contributed by atoms with E-state index < -0.39 is 26.3 Å². The van der Waals surface area contributed by atoms with Crippen LogP contribution in [0.25, 0.3) is 0 Å². The second-order valence-corrected chi connectivity index (χ2v) is 11.4. The molecule has 38 heavy (non-hydrogen) atoms. The first-order valence-corrected chi connectivity index (χ1v) is 14.1. The fraction of sp³-hybridized carbons (Fsp3) is 0.0741. The van der Waals surface area contributed by atoms with E-state index in [-0.39, 0.29) is 32.7 Å². The first-order chi connectivity index (χ1) is 18.0. The van der Waals surface area contributed by atoms with Crippen molar-refractivity contribution in [1.29, 1.82) is 0 Å². The highest BCUT2D eigenvalue weighted by Crippen LogP contribution is 2.25. The molecule has 2 N–H and O–H groups in total. The molecule has 0 aromatic heterocycles. The van der Waals surface area contributed by atoms with Crippen molar-refractivity contribution in [1.82, 2.24) is 0 Å². The smallest absolute Gasteiger partial charge is 0.339 e. The number of urea groups is 1. The van der Waals surface area contributed by atoms with Crippen LogP contribution >= 0.6 is 0 Å². The summed E-state index contributed by atoms with van der Waals surface area (Å²) in [5.74, 6) is 0.0314. The van der Waals surface area contributed by atoms with Crippen molar-refractivity contribution in [3.63, 3.8) is 0 Å².